The second-order valence-corrected chi connectivity index (χ2v) is 9.38. The molecule has 1 saturated heterocycles. The molecule has 0 atom stereocenters. The van der Waals surface area contributed by atoms with Crippen LogP contribution >= 0.6 is 0 Å². The Kier molecular flexibility index (Phi) is 6.29. The van der Waals surface area contributed by atoms with Gasteiger partial charge in [-0.15, -0.1) is 0 Å². The molecule has 0 bridgehead atoms. The first kappa shape index (κ1) is 21.9. The molecular formula is C27H32N4O2. The van der Waals surface area contributed by atoms with E-state index in [1.165, 1.54) is 16.8 Å². The highest BCUT2D eigenvalue weighted by Gasteiger charge is 2.26. The molecule has 0 saturated carbocycles. The van der Waals surface area contributed by atoms with Crippen molar-refractivity contribution >= 4 is 5.91 Å². The summed E-state index contributed by atoms with van der Waals surface area (Å²) in [4.78, 5) is 15.4. The van der Waals surface area contributed by atoms with E-state index in [0.717, 1.165) is 68.6 Å². The topological polar surface area (TPSA) is 70.4 Å². The van der Waals surface area contributed by atoms with Crippen LogP contribution in [0.15, 0.2) is 48.5 Å². The monoisotopic (exact) mass is 444 g/mol. The Morgan fingerprint density at radius 2 is 1.73 bits per heavy atom. The number of likely N-dealkylation sites (tertiary alicyclic amines) is 1. The smallest absolute Gasteiger partial charge is 0.272 e. The Morgan fingerprint density at radius 3 is 2.45 bits per heavy atom. The lowest BCUT2D eigenvalue weighted by Gasteiger charge is -2.29. The summed E-state index contributed by atoms with van der Waals surface area (Å²) in [7, 11) is 0. The molecule has 1 amide bonds. The molecule has 1 fully saturated rings. The van der Waals surface area contributed by atoms with Gasteiger partial charge in [0.15, 0.2) is 5.69 Å². The molecule has 2 aromatic carbocycles. The van der Waals surface area contributed by atoms with Gasteiger partial charge in [-0.1, -0.05) is 42.0 Å². The summed E-state index contributed by atoms with van der Waals surface area (Å²) in [5.41, 5.74) is 7.38. The molecule has 1 aliphatic heterocycles. The Bertz CT molecular complexity index is 1110. The third-order valence-corrected chi connectivity index (χ3v) is 6.86. The van der Waals surface area contributed by atoms with Gasteiger partial charge in [-0.2, -0.15) is 5.10 Å². The predicted molar refractivity (Wildman–Crippen MR) is 128 cm³/mol. The molecule has 6 heteroatoms. The standard InChI is InChI=1S/C27H32N4O2/c1-19-5-11-22(12-6-19)31-25-4-2-3-24(25)26(29-31)27(33)28-17-20-7-9-21(10-8-20)18-30-15-13-23(32)14-16-30/h5-12,23,32H,2-4,13-18H2,1H3,(H,28,33). The van der Waals surface area contributed by atoms with E-state index in [9.17, 15) is 9.90 Å². The number of nitrogens with zero attached hydrogens (tertiary/aromatic N) is 3. The molecule has 33 heavy (non-hydrogen) atoms. The average molecular weight is 445 g/mol. The number of benzene rings is 2. The van der Waals surface area contributed by atoms with Gasteiger partial charge in [-0.05, 0) is 62.3 Å². The van der Waals surface area contributed by atoms with E-state index < -0.39 is 0 Å². The van der Waals surface area contributed by atoms with Crippen LogP contribution in [0, 0.1) is 6.92 Å². The third-order valence-electron chi connectivity index (χ3n) is 6.86. The molecule has 2 N–H and O–H groups in total. The van der Waals surface area contributed by atoms with Crippen LogP contribution in [0.3, 0.4) is 0 Å². The summed E-state index contributed by atoms with van der Waals surface area (Å²) in [6.07, 6.45) is 4.50. The van der Waals surface area contributed by atoms with Crippen LogP contribution in [0.2, 0.25) is 0 Å². The summed E-state index contributed by atoms with van der Waals surface area (Å²) in [6, 6.07) is 16.7. The lowest BCUT2D eigenvalue weighted by Crippen LogP contribution is -2.35. The van der Waals surface area contributed by atoms with Crippen molar-refractivity contribution in [3.8, 4) is 5.69 Å². The zero-order valence-electron chi connectivity index (χ0n) is 19.3. The summed E-state index contributed by atoms with van der Waals surface area (Å²) >= 11 is 0. The fourth-order valence-corrected chi connectivity index (χ4v) is 4.88. The summed E-state index contributed by atoms with van der Waals surface area (Å²) in [5.74, 6) is -0.102. The number of piperidine rings is 1. The lowest BCUT2D eigenvalue weighted by atomic mass is 10.1. The number of nitrogens with one attached hydrogen (secondary N) is 1. The van der Waals surface area contributed by atoms with E-state index in [1.54, 1.807) is 0 Å². The van der Waals surface area contributed by atoms with Crippen LogP contribution < -0.4 is 5.32 Å². The number of hydrogen-bond donors (Lipinski definition) is 2. The van der Waals surface area contributed by atoms with Crippen molar-refractivity contribution < 1.29 is 9.90 Å². The highest BCUT2D eigenvalue weighted by Crippen LogP contribution is 2.28. The molecule has 1 aliphatic carbocycles. The number of fused-ring (bicyclic) bond motifs is 1. The van der Waals surface area contributed by atoms with Crippen molar-refractivity contribution in [1.29, 1.82) is 0 Å². The van der Waals surface area contributed by atoms with Gasteiger partial charge in [0.1, 0.15) is 0 Å². The molecule has 3 aromatic rings. The van der Waals surface area contributed by atoms with Crippen LogP contribution in [-0.4, -0.2) is 44.9 Å². The van der Waals surface area contributed by atoms with Crippen molar-refractivity contribution in [3.05, 3.63) is 82.2 Å². The van der Waals surface area contributed by atoms with Gasteiger partial charge in [0, 0.05) is 37.4 Å². The Morgan fingerprint density at radius 1 is 1.03 bits per heavy atom. The van der Waals surface area contributed by atoms with Gasteiger partial charge < -0.3 is 10.4 Å². The summed E-state index contributed by atoms with van der Waals surface area (Å²) < 4.78 is 1.95. The first-order chi connectivity index (χ1) is 16.1. The number of aromatic nitrogens is 2. The van der Waals surface area contributed by atoms with Gasteiger partial charge >= 0.3 is 0 Å². The van der Waals surface area contributed by atoms with E-state index in [1.807, 2.05) is 4.68 Å². The minimum absolute atomic E-state index is 0.102. The van der Waals surface area contributed by atoms with E-state index in [2.05, 4.69) is 65.7 Å². The van der Waals surface area contributed by atoms with Gasteiger partial charge in [0.25, 0.3) is 5.91 Å². The Hall–Kier alpha value is -2.96. The van der Waals surface area contributed by atoms with Crippen molar-refractivity contribution in [1.82, 2.24) is 20.0 Å². The first-order valence-corrected chi connectivity index (χ1v) is 12.0. The average Bonchev–Trinajstić information content (AvgIpc) is 3.44. The second-order valence-electron chi connectivity index (χ2n) is 9.38. The molecule has 5 rings (SSSR count). The van der Waals surface area contributed by atoms with Gasteiger partial charge in [0.05, 0.1) is 11.8 Å². The van der Waals surface area contributed by atoms with E-state index in [4.69, 9.17) is 5.10 Å². The largest absolute Gasteiger partial charge is 0.393 e. The number of aliphatic hydroxyl groups is 1. The molecule has 1 aromatic heterocycles. The Labute approximate surface area is 195 Å². The normalized spacial score (nSPS) is 16.7. The quantitative estimate of drug-likeness (QED) is 0.610. The SMILES string of the molecule is Cc1ccc(-n2nc(C(=O)NCc3ccc(CN4CCC(O)CC4)cc3)c3c2CCC3)cc1. The van der Waals surface area contributed by atoms with Crippen LogP contribution in [0.4, 0.5) is 0 Å². The van der Waals surface area contributed by atoms with E-state index >= 15 is 0 Å². The fourth-order valence-electron chi connectivity index (χ4n) is 4.88. The molecule has 0 unspecified atom stereocenters. The van der Waals surface area contributed by atoms with Crippen LogP contribution in [0.5, 0.6) is 0 Å². The molecule has 2 aliphatic rings. The molecule has 2 heterocycles. The fraction of sp³-hybridized carbons (Fsp3) is 0.407. The molecular weight excluding hydrogens is 412 g/mol. The molecule has 6 nitrogen and oxygen atoms in total. The van der Waals surface area contributed by atoms with Gasteiger partial charge in [0.2, 0.25) is 0 Å². The lowest BCUT2D eigenvalue weighted by molar-refractivity contribution is 0.0792. The number of carbonyl (C=O) groups excluding carboxylic acids is 1. The zero-order chi connectivity index (χ0) is 22.8. The van der Waals surface area contributed by atoms with Crippen molar-refractivity contribution in [3.63, 3.8) is 0 Å². The Balaban J connectivity index is 1.22. The number of aryl methyl sites for hydroxylation is 1. The first-order valence-electron chi connectivity index (χ1n) is 12.0. The maximum atomic E-state index is 13.0. The number of carbonyl (C=O) groups is 1. The highest BCUT2D eigenvalue weighted by atomic mass is 16.3. The number of amides is 1. The van der Waals surface area contributed by atoms with Crippen molar-refractivity contribution in [2.45, 2.75) is 58.2 Å². The second kappa shape index (κ2) is 9.49. The predicted octanol–water partition coefficient (Wildman–Crippen LogP) is 3.56. The number of rotatable bonds is 6. The van der Waals surface area contributed by atoms with Gasteiger partial charge in [-0.3, -0.25) is 9.69 Å². The third kappa shape index (κ3) is 4.87. The molecule has 172 valence electrons. The maximum Gasteiger partial charge on any atom is 0.272 e. The van der Waals surface area contributed by atoms with Crippen molar-refractivity contribution in [2.24, 2.45) is 0 Å². The minimum atomic E-state index is -0.142. The van der Waals surface area contributed by atoms with Crippen LogP contribution in [0.25, 0.3) is 5.69 Å². The minimum Gasteiger partial charge on any atom is -0.393 e. The number of aliphatic hydroxyl groups excluding tert-OH is 1. The van der Waals surface area contributed by atoms with Crippen molar-refractivity contribution in [2.75, 3.05) is 13.1 Å². The van der Waals surface area contributed by atoms with Gasteiger partial charge in [-0.25, -0.2) is 4.68 Å². The molecule has 0 spiro atoms. The molecule has 0 radical (unpaired) electrons. The van der Waals surface area contributed by atoms with Crippen LogP contribution in [-0.2, 0) is 25.9 Å². The number of hydrogen-bond acceptors (Lipinski definition) is 4. The zero-order valence-corrected chi connectivity index (χ0v) is 19.3. The van der Waals surface area contributed by atoms with Crippen LogP contribution in [0.1, 0.15) is 57.7 Å². The maximum absolute atomic E-state index is 13.0. The highest BCUT2D eigenvalue weighted by molar-refractivity contribution is 5.94. The van der Waals surface area contributed by atoms with E-state index in [0.29, 0.717) is 12.2 Å². The van der Waals surface area contributed by atoms with E-state index in [-0.39, 0.29) is 12.0 Å². The summed E-state index contributed by atoms with van der Waals surface area (Å²) in [5, 5.41) is 17.5. The summed E-state index contributed by atoms with van der Waals surface area (Å²) in [6.45, 7) is 5.35.